The minimum absolute atomic E-state index is 0.309. The second kappa shape index (κ2) is 7.64. The Labute approximate surface area is 162 Å². The van der Waals surface area contributed by atoms with Crippen molar-refractivity contribution in [3.8, 4) is 11.5 Å². The van der Waals surface area contributed by atoms with Crippen LogP contribution in [0, 0.1) is 6.92 Å². The third-order valence-electron chi connectivity index (χ3n) is 4.27. The maximum atomic E-state index is 6.42. The van der Waals surface area contributed by atoms with Gasteiger partial charge in [-0.3, -0.25) is 0 Å². The molecule has 5 heteroatoms. The molecule has 1 atom stereocenters. The summed E-state index contributed by atoms with van der Waals surface area (Å²) in [5, 5.41) is 12.6. The highest BCUT2D eigenvalue weighted by Crippen LogP contribution is 2.31. The van der Waals surface area contributed by atoms with E-state index < -0.39 is 0 Å². The highest BCUT2D eigenvalue weighted by atomic mass is 35.5. The number of anilines is 1. The number of aryl methyl sites for hydroxylation is 1. The largest absolute Gasteiger partial charge is 0.418 e. The Kier molecular flexibility index (Phi) is 4.90. The van der Waals surface area contributed by atoms with Gasteiger partial charge in [0.1, 0.15) is 6.04 Å². The van der Waals surface area contributed by atoms with Crippen LogP contribution in [0.2, 0.25) is 5.02 Å². The molecule has 4 nitrogen and oxygen atoms in total. The number of benzene rings is 3. The zero-order valence-corrected chi connectivity index (χ0v) is 15.5. The summed E-state index contributed by atoms with van der Waals surface area (Å²) in [6, 6.07) is 25.3. The van der Waals surface area contributed by atoms with Crippen LogP contribution in [0.25, 0.3) is 11.5 Å². The molecular weight excluding hydrogens is 358 g/mol. The molecule has 4 aromatic rings. The van der Waals surface area contributed by atoms with Gasteiger partial charge in [0.05, 0.1) is 10.7 Å². The molecule has 0 aliphatic carbocycles. The van der Waals surface area contributed by atoms with Crippen molar-refractivity contribution in [1.29, 1.82) is 0 Å². The number of hydrogen-bond donors (Lipinski definition) is 1. The van der Waals surface area contributed by atoms with Crippen LogP contribution in [0.3, 0.4) is 0 Å². The molecule has 134 valence electrons. The quantitative estimate of drug-likeness (QED) is 0.471. The highest BCUT2D eigenvalue weighted by molar-refractivity contribution is 6.33. The molecule has 4 rings (SSSR count). The molecule has 27 heavy (non-hydrogen) atoms. The van der Waals surface area contributed by atoms with Crippen LogP contribution >= 0.6 is 11.6 Å². The molecule has 0 unspecified atom stereocenters. The first-order valence-electron chi connectivity index (χ1n) is 8.67. The smallest absolute Gasteiger partial charge is 0.247 e. The van der Waals surface area contributed by atoms with Gasteiger partial charge in [-0.1, -0.05) is 66.2 Å². The third kappa shape index (κ3) is 3.86. The molecule has 1 aromatic heterocycles. The van der Waals surface area contributed by atoms with Gasteiger partial charge in [-0.25, -0.2) is 0 Å². The topological polar surface area (TPSA) is 51.0 Å². The molecule has 0 aliphatic rings. The summed E-state index contributed by atoms with van der Waals surface area (Å²) in [6.45, 7) is 2.01. The summed E-state index contributed by atoms with van der Waals surface area (Å²) >= 11 is 6.42. The lowest BCUT2D eigenvalue weighted by molar-refractivity contribution is 0.494. The van der Waals surface area contributed by atoms with E-state index in [-0.39, 0.29) is 6.04 Å². The van der Waals surface area contributed by atoms with Gasteiger partial charge < -0.3 is 9.73 Å². The maximum Gasteiger partial charge on any atom is 0.247 e. The molecule has 0 bridgehead atoms. The monoisotopic (exact) mass is 375 g/mol. The second-order valence-corrected chi connectivity index (χ2v) is 6.69. The second-order valence-electron chi connectivity index (χ2n) is 6.28. The molecule has 1 N–H and O–H groups in total. The van der Waals surface area contributed by atoms with Crippen LogP contribution in [0.15, 0.2) is 83.3 Å². The normalized spacial score (nSPS) is 11.9. The number of rotatable bonds is 5. The summed E-state index contributed by atoms with van der Waals surface area (Å²) in [7, 11) is 0. The minimum Gasteiger partial charge on any atom is -0.418 e. The molecular formula is C22H18ClN3O. The Morgan fingerprint density at radius 3 is 2.30 bits per heavy atom. The van der Waals surface area contributed by atoms with Crippen LogP contribution in [0.5, 0.6) is 0 Å². The summed E-state index contributed by atoms with van der Waals surface area (Å²) in [6.07, 6.45) is 0. The Morgan fingerprint density at radius 2 is 1.59 bits per heavy atom. The number of nitrogens with one attached hydrogen (secondary N) is 1. The van der Waals surface area contributed by atoms with E-state index in [1.54, 1.807) is 0 Å². The van der Waals surface area contributed by atoms with E-state index in [1.807, 2.05) is 85.8 Å². The SMILES string of the molecule is Cc1ccc(N[C@H](c2ccccc2)c2nnc(-c3ccccc3)o2)c(Cl)c1. The van der Waals surface area contributed by atoms with Crippen molar-refractivity contribution in [2.75, 3.05) is 5.32 Å². The van der Waals surface area contributed by atoms with Crippen molar-refractivity contribution in [1.82, 2.24) is 10.2 Å². The molecule has 0 amide bonds. The van der Waals surface area contributed by atoms with Crippen molar-refractivity contribution >= 4 is 17.3 Å². The van der Waals surface area contributed by atoms with Crippen molar-refractivity contribution in [2.24, 2.45) is 0 Å². The van der Waals surface area contributed by atoms with Crippen LogP contribution in [-0.2, 0) is 0 Å². The molecule has 0 aliphatic heterocycles. The van der Waals surface area contributed by atoms with E-state index in [0.717, 1.165) is 22.4 Å². The van der Waals surface area contributed by atoms with Gasteiger partial charge in [-0.15, -0.1) is 10.2 Å². The number of hydrogen-bond acceptors (Lipinski definition) is 4. The molecule has 0 spiro atoms. The van der Waals surface area contributed by atoms with E-state index in [4.69, 9.17) is 16.0 Å². The standard InChI is InChI=1S/C22H18ClN3O/c1-15-12-13-19(18(23)14-15)24-20(16-8-4-2-5-9-16)22-26-25-21(27-22)17-10-6-3-7-11-17/h2-14,20,24H,1H3/t20-/m1/s1. The lowest BCUT2D eigenvalue weighted by Crippen LogP contribution is -2.13. The molecule has 1 heterocycles. The Hall–Kier alpha value is -3.11. The van der Waals surface area contributed by atoms with Crippen molar-refractivity contribution in [2.45, 2.75) is 13.0 Å². The summed E-state index contributed by atoms with van der Waals surface area (Å²) in [5.74, 6) is 0.972. The van der Waals surface area contributed by atoms with E-state index in [9.17, 15) is 0 Å². The van der Waals surface area contributed by atoms with Gasteiger partial charge in [0, 0.05) is 5.56 Å². The first kappa shape index (κ1) is 17.3. The van der Waals surface area contributed by atoms with E-state index in [0.29, 0.717) is 16.8 Å². The average molecular weight is 376 g/mol. The Balaban J connectivity index is 1.72. The minimum atomic E-state index is -0.309. The van der Waals surface area contributed by atoms with Crippen molar-refractivity contribution in [3.63, 3.8) is 0 Å². The fourth-order valence-electron chi connectivity index (χ4n) is 2.87. The van der Waals surface area contributed by atoms with E-state index in [1.165, 1.54) is 0 Å². The predicted octanol–water partition coefficient (Wildman–Crippen LogP) is 5.90. The zero-order chi connectivity index (χ0) is 18.6. The van der Waals surface area contributed by atoms with E-state index >= 15 is 0 Å². The van der Waals surface area contributed by atoms with Gasteiger partial charge >= 0.3 is 0 Å². The van der Waals surface area contributed by atoms with Gasteiger partial charge in [0.2, 0.25) is 11.8 Å². The fraction of sp³-hybridized carbons (Fsp3) is 0.0909. The van der Waals surface area contributed by atoms with Crippen molar-refractivity contribution < 1.29 is 4.42 Å². The first-order chi connectivity index (χ1) is 13.2. The fourth-order valence-corrected chi connectivity index (χ4v) is 3.16. The summed E-state index contributed by atoms with van der Waals surface area (Å²) < 4.78 is 5.99. The van der Waals surface area contributed by atoms with Crippen LogP contribution in [0.1, 0.15) is 23.1 Å². The van der Waals surface area contributed by atoms with Crippen LogP contribution in [-0.4, -0.2) is 10.2 Å². The van der Waals surface area contributed by atoms with Crippen LogP contribution in [0.4, 0.5) is 5.69 Å². The third-order valence-corrected chi connectivity index (χ3v) is 4.58. The average Bonchev–Trinajstić information content (AvgIpc) is 3.19. The molecule has 0 fully saturated rings. The highest BCUT2D eigenvalue weighted by Gasteiger charge is 2.22. The van der Waals surface area contributed by atoms with E-state index in [2.05, 4.69) is 15.5 Å². The molecule has 0 saturated carbocycles. The number of nitrogens with zero attached hydrogens (tertiary/aromatic N) is 2. The molecule has 0 saturated heterocycles. The van der Waals surface area contributed by atoms with Gasteiger partial charge in [-0.2, -0.15) is 0 Å². The molecule has 0 radical (unpaired) electrons. The van der Waals surface area contributed by atoms with Crippen LogP contribution < -0.4 is 5.32 Å². The Bertz CT molecular complexity index is 1030. The lowest BCUT2D eigenvalue weighted by atomic mass is 10.1. The zero-order valence-electron chi connectivity index (χ0n) is 14.8. The summed E-state index contributed by atoms with van der Waals surface area (Å²) in [5.41, 5.74) is 3.82. The number of halogens is 1. The first-order valence-corrected chi connectivity index (χ1v) is 9.05. The molecule has 3 aromatic carbocycles. The lowest BCUT2D eigenvalue weighted by Gasteiger charge is -2.18. The van der Waals surface area contributed by atoms with Crippen molar-refractivity contribution in [3.05, 3.63) is 101 Å². The predicted molar refractivity (Wildman–Crippen MR) is 108 cm³/mol. The summed E-state index contributed by atoms with van der Waals surface area (Å²) in [4.78, 5) is 0. The van der Waals surface area contributed by atoms with Gasteiger partial charge in [0.25, 0.3) is 0 Å². The number of aromatic nitrogens is 2. The Morgan fingerprint density at radius 1 is 0.889 bits per heavy atom. The maximum absolute atomic E-state index is 6.42. The van der Waals surface area contributed by atoms with Gasteiger partial charge in [-0.05, 0) is 42.3 Å². The van der Waals surface area contributed by atoms with Gasteiger partial charge in [0.15, 0.2) is 0 Å².